The highest BCUT2D eigenvalue weighted by Gasteiger charge is 2.18. The van der Waals surface area contributed by atoms with Crippen LogP contribution < -0.4 is 5.32 Å². The van der Waals surface area contributed by atoms with E-state index in [4.69, 9.17) is 4.74 Å². The molecule has 2 unspecified atom stereocenters. The summed E-state index contributed by atoms with van der Waals surface area (Å²) >= 11 is 0. The van der Waals surface area contributed by atoms with Crippen molar-refractivity contribution in [2.75, 3.05) is 13.2 Å². The van der Waals surface area contributed by atoms with Gasteiger partial charge in [-0.3, -0.25) is 9.59 Å². The minimum atomic E-state index is -0.847. The summed E-state index contributed by atoms with van der Waals surface area (Å²) in [4.78, 5) is 24.6. The van der Waals surface area contributed by atoms with Gasteiger partial charge in [0, 0.05) is 12.8 Å². The predicted octanol–water partition coefficient (Wildman–Crippen LogP) is 21.1. The molecule has 0 saturated carbocycles. The number of carbonyl (C=O) groups excluding carboxylic acids is 2. The lowest BCUT2D eigenvalue weighted by Gasteiger charge is -2.20. The summed E-state index contributed by atoms with van der Waals surface area (Å²) < 4.78 is 5.50. The molecule has 6 heteroatoms. The average Bonchev–Trinajstić information content (AvgIpc) is 3.40. The van der Waals surface area contributed by atoms with Gasteiger partial charge in [0.05, 0.1) is 25.4 Å². The summed E-state index contributed by atoms with van der Waals surface area (Å²) in [5.74, 6) is -0.0617. The first kappa shape index (κ1) is 72.1. The Morgan fingerprint density at radius 2 is 0.635 bits per heavy atom. The molecule has 6 nitrogen and oxygen atoms in total. The Morgan fingerprint density at radius 3 is 0.959 bits per heavy atom. The second kappa shape index (κ2) is 63.6. The molecule has 0 fully saturated rings. The number of rotatable bonds is 62. The van der Waals surface area contributed by atoms with Crippen molar-refractivity contribution >= 4 is 11.9 Å². The fourth-order valence-corrected chi connectivity index (χ4v) is 10.3. The zero-order valence-electron chi connectivity index (χ0n) is 49.8. The highest BCUT2D eigenvalue weighted by atomic mass is 16.5. The van der Waals surface area contributed by atoms with E-state index in [2.05, 4.69) is 43.5 Å². The summed E-state index contributed by atoms with van der Waals surface area (Å²) in [6.45, 7) is 4.92. The number of aliphatic hydroxyl groups excluding tert-OH is 2. The van der Waals surface area contributed by atoms with Gasteiger partial charge in [-0.15, -0.1) is 0 Å². The van der Waals surface area contributed by atoms with Gasteiger partial charge in [-0.25, -0.2) is 0 Å². The van der Waals surface area contributed by atoms with Crippen molar-refractivity contribution < 1.29 is 24.5 Å². The summed E-state index contributed by atoms with van der Waals surface area (Å²) in [5, 5.41) is 23.1. The monoisotopic (exact) mass is 1040 g/mol. The van der Waals surface area contributed by atoms with E-state index in [0.29, 0.717) is 19.4 Å². The van der Waals surface area contributed by atoms with Crippen molar-refractivity contribution in [1.82, 2.24) is 5.32 Å². The van der Waals surface area contributed by atoms with E-state index < -0.39 is 12.1 Å². The minimum Gasteiger partial charge on any atom is -0.466 e. The minimum absolute atomic E-state index is 0.00939. The number of amides is 1. The van der Waals surface area contributed by atoms with Gasteiger partial charge in [0.2, 0.25) is 5.91 Å². The van der Waals surface area contributed by atoms with Crippen LogP contribution in [-0.2, 0) is 14.3 Å². The van der Waals surface area contributed by atoms with Crippen molar-refractivity contribution in [2.45, 2.75) is 373 Å². The van der Waals surface area contributed by atoms with Crippen molar-refractivity contribution in [1.29, 1.82) is 0 Å². The van der Waals surface area contributed by atoms with Crippen LogP contribution in [0.25, 0.3) is 0 Å². The van der Waals surface area contributed by atoms with Crippen LogP contribution in [0, 0.1) is 0 Å². The molecule has 1 amide bonds. The van der Waals surface area contributed by atoms with E-state index in [1.54, 1.807) is 6.08 Å². The molecular weight excluding hydrogens is 911 g/mol. The Labute approximate surface area is 462 Å². The molecule has 436 valence electrons. The van der Waals surface area contributed by atoms with Crippen LogP contribution in [0.5, 0.6) is 0 Å². The number of carbonyl (C=O) groups is 2. The SMILES string of the molecule is CCCCCCCCC/C=C\CCCCCCCCCC(=O)OCCCCCCCCCCCCCC/C=C\CCCCCCCCCCC(=O)NC(CO)C(O)/C=C/CCCCCCCCCCCCCCC. The average molecular weight is 1040 g/mol. The Kier molecular flexibility index (Phi) is 62.0. The Bertz CT molecular complexity index is 1200. The Balaban J connectivity index is 3.41. The third kappa shape index (κ3) is 59.3. The molecule has 0 spiro atoms. The molecule has 0 aromatic carbocycles. The lowest BCUT2D eigenvalue weighted by atomic mass is 10.0. The van der Waals surface area contributed by atoms with Crippen LogP contribution in [-0.4, -0.2) is 47.4 Å². The second-order valence-corrected chi connectivity index (χ2v) is 22.8. The maximum absolute atomic E-state index is 12.5. The largest absolute Gasteiger partial charge is 0.466 e. The molecule has 0 aromatic heterocycles. The summed E-state index contributed by atoms with van der Waals surface area (Å²) in [5.41, 5.74) is 0. The molecule has 0 radical (unpaired) electrons. The van der Waals surface area contributed by atoms with Gasteiger partial charge in [0.25, 0.3) is 0 Å². The first-order chi connectivity index (χ1) is 36.5. The third-order valence-electron chi connectivity index (χ3n) is 15.4. The molecule has 3 N–H and O–H groups in total. The Morgan fingerprint density at radius 1 is 0.365 bits per heavy atom. The second-order valence-electron chi connectivity index (χ2n) is 22.8. The van der Waals surface area contributed by atoms with Crippen molar-refractivity contribution in [2.24, 2.45) is 0 Å². The van der Waals surface area contributed by atoms with E-state index in [-0.39, 0.29) is 18.5 Å². The first-order valence-corrected chi connectivity index (χ1v) is 33.3. The number of hydrogen-bond donors (Lipinski definition) is 3. The van der Waals surface area contributed by atoms with Crippen LogP contribution in [0.2, 0.25) is 0 Å². The molecular formula is C68H129NO5. The smallest absolute Gasteiger partial charge is 0.305 e. The third-order valence-corrected chi connectivity index (χ3v) is 15.4. The van der Waals surface area contributed by atoms with E-state index in [1.165, 1.54) is 289 Å². The van der Waals surface area contributed by atoms with Gasteiger partial charge < -0.3 is 20.3 Å². The zero-order valence-corrected chi connectivity index (χ0v) is 49.8. The standard InChI is InChI=1S/C68H129NO5/c1-3-5-7-9-11-13-15-17-19-20-30-34-38-42-46-50-54-58-62-68(73)74-63-59-55-51-47-43-39-35-31-28-26-24-22-21-23-25-27-29-33-37-41-45-49-53-57-61-67(72)69-65(64-70)66(71)60-56-52-48-44-40-36-32-18-16-14-12-10-8-6-4-2/h19-20,23,25,56,60,65-66,70-71H,3-18,21-22,24,26-55,57-59,61-64H2,1-2H3,(H,69,72)/b20-19-,25-23-,60-56+. The van der Waals surface area contributed by atoms with E-state index in [1.807, 2.05) is 6.08 Å². The first-order valence-electron chi connectivity index (χ1n) is 33.3. The molecule has 0 bridgehead atoms. The number of esters is 1. The fourth-order valence-electron chi connectivity index (χ4n) is 10.3. The van der Waals surface area contributed by atoms with E-state index >= 15 is 0 Å². The van der Waals surface area contributed by atoms with Crippen molar-refractivity contribution in [3.8, 4) is 0 Å². The van der Waals surface area contributed by atoms with Crippen LogP contribution in [0.4, 0.5) is 0 Å². The number of unbranched alkanes of at least 4 members (excludes halogenated alkanes) is 47. The number of hydrogen-bond acceptors (Lipinski definition) is 5. The fraction of sp³-hybridized carbons (Fsp3) is 0.882. The molecule has 0 aliphatic carbocycles. The summed E-state index contributed by atoms with van der Waals surface area (Å²) in [6, 6.07) is -0.631. The van der Waals surface area contributed by atoms with Crippen molar-refractivity contribution in [3.05, 3.63) is 36.5 Å². The van der Waals surface area contributed by atoms with Gasteiger partial charge in [-0.2, -0.15) is 0 Å². The highest BCUT2D eigenvalue weighted by Crippen LogP contribution is 2.17. The molecule has 0 aromatic rings. The normalized spacial score (nSPS) is 12.8. The van der Waals surface area contributed by atoms with Gasteiger partial charge in [0.1, 0.15) is 0 Å². The number of allylic oxidation sites excluding steroid dienone is 5. The number of aliphatic hydroxyl groups is 2. The van der Waals surface area contributed by atoms with E-state index in [0.717, 1.165) is 44.9 Å². The lowest BCUT2D eigenvalue weighted by molar-refractivity contribution is -0.143. The number of ether oxygens (including phenoxy) is 1. The topological polar surface area (TPSA) is 95.9 Å². The predicted molar refractivity (Wildman–Crippen MR) is 324 cm³/mol. The summed E-state index contributed by atoms with van der Waals surface area (Å²) in [6.07, 6.45) is 80.6. The van der Waals surface area contributed by atoms with Gasteiger partial charge in [0.15, 0.2) is 0 Å². The van der Waals surface area contributed by atoms with Gasteiger partial charge in [-0.05, 0) is 83.5 Å². The van der Waals surface area contributed by atoms with Gasteiger partial charge >= 0.3 is 5.97 Å². The maximum Gasteiger partial charge on any atom is 0.305 e. The molecule has 0 aliphatic heterocycles. The molecule has 0 heterocycles. The molecule has 0 rings (SSSR count). The molecule has 0 saturated heterocycles. The van der Waals surface area contributed by atoms with E-state index in [9.17, 15) is 19.8 Å². The highest BCUT2D eigenvalue weighted by molar-refractivity contribution is 5.76. The maximum atomic E-state index is 12.5. The van der Waals surface area contributed by atoms with Crippen molar-refractivity contribution in [3.63, 3.8) is 0 Å². The molecule has 2 atom stereocenters. The quantitative estimate of drug-likeness (QED) is 0.0320. The van der Waals surface area contributed by atoms with Crippen LogP contribution >= 0.6 is 0 Å². The zero-order chi connectivity index (χ0) is 53.6. The van der Waals surface area contributed by atoms with Crippen LogP contribution in [0.1, 0.15) is 361 Å². The molecule has 0 aliphatic rings. The Hall–Kier alpha value is -1.92. The van der Waals surface area contributed by atoms with Crippen LogP contribution in [0.3, 0.4) is 0 Å². The summed E-state index contributed by atoms with van der Waals surface area (Å²) in [7, 11) is 0. The number of nitrogens with one attached hydrogen (secondary N) is 1. The molecule has 74 heavy (non-hydrogen) atoms. The van der Waals surface area contributed by atoms with Crippen LogP contribution in [0.15, 0.2) is 36.5 Å². The van der Waals surface area contributed by atoms with Gasteiger partial charge in [-0.1, -0.05) is 301 Å². The lowest BCUT2D eigenvalue weighted by Crippen LogP contribution is -2.45.